The number of furan rings is 1. The van der Waals surface area contributed by atoms with Gasteiger partial charge >= 0.3 is 5.88 Å². The number of nitrogens with one attached hydrogen (secondary N) is 1. The van der Waals surface area contributed by atoms with Crippen molar-refractivity contribution in [3.63, 3.8) is 0 Å². The Labute approximate surface area is 157 Å². The minimum atomic E-state index is -0.713. The number of benzene rings is 1. The second-order valence-corrected chi connectivity index (χ2v) is 5.72. The van der Waals surface area contributed by atoms with Crippen LogP contribution in [-0.2, 0) is 0 Å². The van der Waals surface area contributed by atoms with E-state index in [2.05, 4.69) is 15.3 Å². The van der Waals surface area contributed by atoms with Crippen LogP contribution in [0.25, 0.3) is 17.0 Å². The van der Waals surface area contributed by atoms with E-state index in [1.165, 1.54) is 13.2 Å². The van der Waals surface area contributed by atoms with E-state index in [1.807, 2.05) is 12.4 Å². The summed E-state index contributed by atoms with van der Waals surface area (Å²) in [5.74, 6) is -0.374. The van der Waals surface area contributed by atoms with Crippen LogP contribution in [0, 0.1) is 10.1 Å². The molecule has 0 spiro atoms. The van der Waals surface area contributed by atoms with Crippen molar-refractivity contribution in [2.24, 2.45) is 0 Å². The highest BCUT2D eigenvalue weighted by Gasteiger charge is 2.19. The van der Waals surface area contributed by atoms with Gasteiger partial charge < -0.3 is 14.5 Å². The summed E-state index contributed by atoms with van der Waals surface area (Å²) in [6.07, 6.45) is 5.29. The molecule has 3 aromatic heterocycles. The van der Waals surface area contributed by atoms with E-state index >= 15 is 0 Å². The molecule has 0 saturated heterocycles. The molecule has 0 unspecified atom stereocenters. The molecule has 1 amide bonds. The van der Waals surface area contributed by atoms with Crippen molar-refractivity contribution in [2.45, 2.75) is 0 Å². The predicted octanol–water partition coefficient (Wildman–Crippen LogP) is 3.16. The first-order valence-corrected chi connectivity index (χ1v) is 8.09. The van der Waals surface area contributed by atoms with Crippen LogP contribution in [0.1, 0.15) is 10.6 Å². The average Bonchev–Trinajstić information content (AvgIpc) is 3.35. The Hall–Kier alpha value is -4.21. The summed E-state index contributed by atoms with van der Waals surface area (Å²) < 4.78 is 12.0. The number of ether oxygens (including phenoxy) is 1. The summed E-state index contributed by atoms with van der Waals surface area (Å²) in [4.78, 5) is 31.0. The molecule has 28 heavy (non-hydrogen) atoms. The molecule has 0 aliphatic carbocycles. The lowest BCUT2D eigenvalue weighted by molar-refractivity contribution is -0.402. The number of anilines is 1. The molecule has 1 aromatic carbocycles. The van der Waals surface area contributed by atoms with Crippen molar-refractivity contribution in [1.82, 2.24) is 14.4 Å². The Bertz CT molecular complexity index is 1160. The van der Waals surface area contributed by atoms with E-state index in [0.29, 0.717) is 22.9 Å². The van der Waals surface area contributed by atoms with Crippen molar-refractivity contribution in [3.05, 3.63) is 70.9 Å². The maximum Gasteiger partial charge on any atom is 0.433 e. The zero-order valence-electron chi connectivity index (χ0n) is 14.5. The van der Waals surface area contributed by atoms with Gasteiger partial charge in [0.05, 0.1) is 24.6 Å². The zero-order valence-corrected chi connectivity index (χ0v) is 14.5. The molecule has 0 radical (unpaired) electrons. The summed E-state index contributed by atoms with van der Waals surface area (Å²) in [6.45, 7) is 0. The van der Waals surface area contributed by atoms with Crippen LogP contribution in [-0.4, -0.2) is 32.3 Å². The van der Waals surface area contributed by atoms with E-state index in [0.717, 1.165) is 11.6 Å². The van der Waals surface area contributed by atoms with Gasteiger partial charge in [0.25, 0.3) is 5.91 Å². The standard InChI is InChI=1S/C18H13N5O5/c1-27-14-4-3-11(13-10-22-8-2-7-19-18(22)21-13)9-12(14)20-17(24)15-5-6-16(28-15)23(25)26/h2-10H,1H3,(H,20,24). The summed E-state index contributed by atoms with van der Waals surface area (Å²) in [5.41, 5.74) is 1.76. The maximum absolute atomic E-state index is 12.4. The van der Waals surface area contributed by atoms with Gasteiger partial charge in [-0.15, -0.1) is 0 Å². The molecule has 0 aliphatic rings. The molecule has 0 atom stereocenters. The second kappa shape index (κ2) is 6.83. The molecule has 10 nitrogen and oxygen atoms in total. The van der Waals surface area contributed by atoms with Gasteiger partial charge in [-0.2, -0.15) is 0 Å². The maximum atomic E-state index is 12.4. The second-order valence-electron chi connectivity index (χ2n) is 5.72. The SMILES string of the molecule is COc1ccc(-c2cn3cccnc3n2)cc1NC(=O)c1ccc([N+](=O)[O-])o1. The number of nitro groups is 1. The van der Waals surface area contributed by atoms with Crippen molar-refractivity contribution in [1.29, 1.82) is 0 Å². The van der Waals surface area contributed by atoms with Crippen LogP contribution >= 0.6 is 0 Å². The summed E-state index contributed by atoms with van der Waals surface area (Å²) in [7, 11) is 1.47. The Morgan fingerprint density at radius 3 is 2.89 bits per heavy atom. The number of carbonyl (C=O) groups is 1. The average molecular weight is 379 g/mol. The molecule has 1 N–H and O–H groups in total. The molecule has 3 heterocycles. The molecule has 10 heteroatoms. The van der Waals surface area contributed by atoms with Crippen LogP contribution < -0.4 is 10.1 Å². The monoisotopic (exact) mass is 379 g/mol. The molecule has 4 rings (SSSR count). The van der Waals surface area contributed by atoms with Gasteiger partial charge in [0.15, 0.2) is 5.76 Å². The summed E-state index contributed by atoms with van der Waals surface area (Å²) in [6, 6.07) is 9.32. The zero-order chi connectivity index (χ0) is 19.7. The largest absolute Gasteiger partial charge is 0.495 e. The molecule has 0 aliphatic heterocycles. The normalized spacial score (nSPS) is 10.8. The van der Waals surface area contributed by atoms with Crippen LogP contribution in [0.4, 0.5) is 11.6 Å². The third-order valence-electron chi connectivity index (χ3n) is 3.97. The molecular weight excluding hydrogens is 366 g/mol. The van der Waals surface area contributed by atoms with Crippen molar-refractivity contribution >= 4 is 23.3 Å². The number of aromatic nitrogens is 3. The highest BCUT2D eigenvalue weighted by molar-refractivity contribution is 6.03. The van der Waals surface area contributed by atoms with Crippen LogP contribution in [0.2, 0.25) is 0 Å². The number of hydrogen-bond acceptors (Lipinski definition) is 7. The fourth-order valence-electron chi connectivity index (χ4n) is 2.67. The lowest BCUT2D eigenvalue weighted by Gasteiger charge is -2.10. The van der Waals surface area contributed by atoms with Gasteiger partial charge in [0, 0.05) is 24.2 Å². The highest BCUT2D eigenvalue weighted by atomic mass is 16.6. The van der Waals surface area contributed by atoms with Gasteiger partial charge in [-0.25, -0.2) is 9.97 Å². The Morgan fingerprint density at radius 1 is 1.32 bits per heavy atom. The first kappa shape index (κ1) is 17.2. The van der Waals surface area contributed by atoms with E-state index in [1.54, 1.807) is 34.9 Å². The highest BCUT2D eigenvalue weighted by Crippen LogP contribution is 2.31. The molecule has 0 bridgehead atoms. The first-order chi connectivity index (χ1) is 13.5. The van der Waals surface area contributed by atoms with E-state index in [-0.39, 0.29) is 5.76 Å². The minimum absolute atomic E-state index is 0.184. The van der Waals surface area contributed by atoms with Gasteiger partial charge in [-0.05, 0) is 30.3 Å². The topological polar surface area (TPSA) is 125 Å². The van der Waals surface area contributed by atoms with Gasteiger partial charge in [-0.1, -0.05) is 0 Å². The van der Waals surface area contributed by atoms with Gasteiger partial charge in [0.1, 0.15) is 10.7 Å². The Kier molecular flexibility index (Phi) is 4.20. The number of nitrogens with zero attached hydrogens (tertiary/aromatic N) is 4. The van der Waals surface area contributed by atoms with E-state index in [9.17, 15) is 14.9 Å². The fraction of sp³-hybridized carbons (Fsp3) is 0.0556. The number of hydrogen-bond donors (Lipinski definition) is 1. The summed E-state index contributed by atoms with van der Waals surface area (Å²) >= 11 is 0. The number of amides is 1. The molecule has 4 aromatic rings. The smallest absolute Gasteiger partial charge is 0.433 e. The molecule has 0 fully saturated rings. The number of methoxy groups -OCH3 is 1. The third kappa shape index (κ3) is 3.14. The van der Waals surface area contributed by atoms with Crippen molar-refractivity contribution in [2.75, 3.05) is 12.4 Å². The first-order valence-electron chi connectivity index (χ1n) is 8.09. The number of carbonyl (C=O) groups excluding carboxylic acids is 1. The van der Waals surface area contributed by atoms with E-state index in [4.69, 9.17) is 9.15 Å². The summed E-state index contributed by atoms with van der Waals surface area (Å²) in [5, 5.41) is 13.4. The number of rotatable bonds is 5. The van der Waals surface area contributed by atoms with Crippen LogP contribution in [0.5, 0.6) is 5.75 Å². The lowest BCUT2D eigenvalue weighted by atomic mass is 10.1. The van der Waals surface area contributed by atoms with Crippen LogP contribution in [0.15, 0.2) is 59.4 Å². The Morgan fingerprint density at radius 2 is 2.18 bits per heavy atom. The fourth-order valence-corrected chi connectivity index (χ4v) is 2.67. The molecule has 140 valence electrons. The molecule has 0 saturated carbocycles. The minimum Gasteiger partial charge on any atom is -0.495 e. The van der Waals surface area contributed by atoms with Crippen molar-refractivity contribution in [3.8, 4) is 17.0 Å². The number of fused-ring (bicyclic) bond motifs is 1. The predicted molar refractivity (Wildman–Crippen MR) is 98.3 cm³/mol. The third-order valence-corrected chi connectivity index (χ3v) is 3.97. The quantitative estimate of drug-likeness (QED) is 0.417. The van der Waals surface area contributed by atoms with Crippen LogP contribution in [0.3, 0.4) is 0 Å². The van der Waals surface area contributed by atoms with Crippen molar-refractivity contribution < 1.29 is 18.9 Å². The van der Waals surface area contributed by atoms with E-state index < -0.39 is 16.7 Å². The number of imidazole rings is 1. The molecular formula is C18H13N5O5. The lowest BCUT2D eigenvalue weighted by Crippen LogP contribution is -2.11. The van der Waals surface area contributed by atoms with Gasteiger partial charge in [0.2, 0.25) is 5.78 Å². The van der Waals surface area contributed by atoms with Gasteiger partial charge in [-0.3, -0.25) is 19.3 Å². The Balaban J connectivity index is 1.66.